The van der Waals surface area contributed by atoms with Gasteiger partial charge in [0, 0.05) is 4.47 Å². The Morgan fingerprint density at radius 1 is 1.54 bits per heavy atom. The topological polar surface area (TPSA) is 59.1 Å². The second kappa shape index (κ2) is 4.17. The predicted molar refractivity (Wildman–Crippen MR) is 55.3 cm³/mol. The first-order chi connectivity index (χ1) is 6.02. The molecule has 0 bridgehead atoms. The Kier molecular flexibility index (Phi) is 3.41. The first-order valence-corrected chi connectivity index (χ1v) is 4.88. The van der Waals surface area contributed by atoms with Crippen molar-refractivity contribution in [1.82, 2.24) is 4.98 Å². The van der Waals surface area contributed by atoms with E-state index in [1.54, 1.807) is 6.92 Å². The zero-order chi connectivity index (χ0) is 10.0. The molecule has 0 aliphatic heterocycles. The molecular weight excluding hydrogens is 232 g/mol. The monoisotopic (exact) mass is 244 g/mol. The lowest BCUT2D eigenvalue weighted by Crippen LogP contribution is -2.24. The molecule has 0 saturated carbocycles. The van der Waals surface area contributed by atoms with Crippen molar-refractivity contribution >= 4 is 15.9 Å². The number of halogens is 1. The molecule has 0 aliphatic carbocycles. The van der Waals surface area contributed by atoms with Gasteiger partial charge in [-0.2, -0.15) is 0 Å². The van der Waals surface area contributed by atoms with E-state index in [0.29, 0.717) is 0 Å². The number of aryl methyl sites for hydroxylation is 1. The number of hydrogen-bond donors (Lipinski definition) is 2. The summed E-state index contributed by atoms with van der Waals surface area (Å²) in [5, 5.41) is 9.26. The Morgan fingerprint density at radius 2 is 2.15 bits per heavy atom. The van der Waals surface area contributed by atoms with Crippen molar-refractivity contribution in [3.05, 3.63) is 28.0 Å². The van der Waals surface area contributed by atoms with Gasteiger partial charge in [0.05, 0.1) is 23.5 Å². The van der Waals surface area contributed by atoms with Gasteiger partial charge in [-0.05, 0) is 41.9 Å². The first kappa shape index (κ1) is 10.6. The average Bonchev–Trinajstić information content (AvgIpc) is 2.08. The largest absolute Gasteiger partial charge is 0.391 e. The van der Waals surface area contributed by atoms with E-state index in [1.165, 1.54) is 0 Å². The van der Waals surface area contributed by atoms with Gasteiger partial charge >= 0.3 is 0 Å². The van der Waals surface area contributed by atoms with Crippen LogP contribution in [-0.2, 0) is 0 Å². The first-order valence-electron chi connectivity index (χ1n) is 4.09. The van der Waals surface area contributed by atoms with E-state index in [4.69, 9.17) is 5.73 Å². The highest BCUT2D eigenvalue weighted by molar-refractivity contribution is 9.10. The molecule has 72 valence electrons. The molecule has 1 aromatic rings. The van der Waals surface area contributed by atoms with Crippen molar-refractivity contribution in [1.29, 1.82) is 0 Å². The third kappa shape index (κ3) is 2.49. The molecule has 0 spiro atoms. The third-order valence-electron chi connectivity index (χ3n) is 1.90. The van der Waals surface area contributed by atoms with E-state index in [1.807, 2.05) is 19.1 Å². The van der Waals surface area contributed by atoms with Crippen LogP contribution in [0.15, 0.2) is 16.6 Å². The van der Waals surface area contributed by atoms with Gasteiger partial charge in [-0.1, -0.05) is 0 Å². The van der Waals surface area contributed by atoms with Crippen LogP contribution in [0.4, 0.5) is 0 Å². The Morgan fingerprint density at radius 3 is 2.62 bits per heavy atom. The van der Waals surface area contributed by atoms with E-state index >= 15 is 0 Å². The van der Waals surface area contributed by atoms with Gasteiger partial charge in [0.2, 0.25) is 0 Å². The maximum absolute atomic E-state index is 9.26. The zero-order valence-corrected chi connectivity index (χ0v) is 9.25. The molecule has 0 unspecified atom stereocenters. The Hall–Kier alpha value is -0.450. The molecule has 0 fully saturated rings. The van der Waals surface area contributed by atoms with Crippen molar-refractivity contribution in [2.45, 2.75) is 26.0 Å². The predicted octanol–water partition coefficient (Wildman–Crippen LogP) is 1.53. The molecule has 2 atom stereocenters. The number of nitrogens with two attached hydrogens (primary N) is 1. The quantitative estimate of drug-likeness (QED) is 0.830. The van der Waals surface area contributed by atoms with Gasteiger partial charge in [-0.3, -0.25) is 4.98 Å². The van der Waals surface area contributed by atoms with Crippen LogP contribution in [0.5, 0.6) is 0 Å². The summed E-state index contributed by atoms with van der Waals surface area (Å²) in [6.07, 6.45) is -0.576. The standard InChI is InChI=1S/C9H13BrN2O/c1-5-7(10)3-4-8(12-5)9(11)6(2)13/h3-4,6,9,13H,11H2,1-2H3/t6-,9-/m1/s1. The molecule has 0 saturated heterocycles. The second-order valence-electron chi connectivity index (χ2n) is 3.07. The molecule has 1 aromatic heterocycles. The molecule has 0 aromatic carbocycles. The SMILES string of the molecule is Cc1nc([C@H](N)[C@@H](C)O)ccc1Br. The number of hydrogen-bond acceptors (Lipinski definition) is 3. The van der Waals surface area contributed by atoms with Gasteiger partial charge < -0.3 is 10.8 Å². The van der Waals surface area contributed by atoms with E-state index in [0.717, 1.165) is 15.9 Å². The molecule has 0 radical (unpaired) electrons. The number of rotatable bonds is 2. The Bertz CT molecular complexity index is 302. The molecule has 3 nitrogen and oxygen atoms in total. The molecular formula is C9H13BrN2O. The fraction of sp³-hybridized carbons (Fsp3) is 0.444. The average molecular weight is 245 g/mol. The highest BCUT2D eigenvalue weighted by Gasteiger charge is 2.13. The van der Waals surface area contributed by atoms with Gasteiger partial charge in [-0.25, -0.2) is 0 Å². The smallest absolute Gasteiger partial charge is 0.0731 e. The van der Waals surface area contributed by atoms with Crippen LogP contribution < -0.4 is 5.73 Å². The maximum atomic E-state index is 9.26. The summed E-state index contributed by atoms with van der Waals surface area (Å²) < 4.78 is 0.953. The number of aromatic nitrogens is 1. The van der Waals surface area contributed by atoms with Crippen molar-refractivity contribution in [3.8, 4) is 0 Å². The van der Waals surface area contributed by atoms with E-state index in [2.05, 4.69) is 20.9 Å². The Labute approximate surface area is 86.1 Å². The van der Waals surface area contributed by atoms with Crippen molar-refractivity contribution < 1.29 is 5.11 Å². The fourth-order valence-corrected chi connectivity index (χ4v) is 1.22. The number of pyridine rings is 1. The van der Waals surface area contributed by atoms with Crippen LogP contribution in [0, 0.1) is 6.92 Å². The van der Waals surface area contributed by atoms with Crippen LogP contribution in [0.3, 0.4) is 0 Å². The van der Waals surface area contributed by atoms with Gasteiger partial charge in [0.15, 0.2) is 0 Å². The lowest BCUT2D eigenvalue weighted by molar-refractivity contribution is 0.162. The molecule has 13 heavy (non-hydrogen) atoms. The molecule has 0 aliphatic rings. The normalized spacial score (nSPS) is 15.5. The number of nitrogens with zero attached hydrogens (tertiary/aromatic N) is 1. The van der Waals surface area contributed by atoms with Crippen LogP contribution in [0.25, 0.3) is 0 Å². The molecule has 1 heterocycles. The summed E-state index contributed by atoms with van der Waals surface area (Å²) in [5.74, 6) is 0. The minimum Gasteiger partial charge on any atom is -0.391 e. The summed E-state index contributed by atoms with van der Waals surface area (Å²) in [6.45, 7) is 3.55. The van der Waals surface area contributed by atoms with Gasteiger partial charge in [0.25, 0.3) is 0 Å². The van der Waals surface area contributed by atoms with Crippen LogP contribution >= 0.6 is 15.9 Å². The van der Waals surface area contributed by atoms with Gasteiger partial charge in [-0.15, -0.1) is 0 Å². The van der Waals surface area contributed by atoms with Gasteiger partial charge in [0.1, 0.15) is 0 Å². The van der Waals surface area contributed by atoms with Crippen LogP contribution in [0.1, 0.15) is 24.4 Å². The Balaban J connectivity index is 2.97. The van der Waals surface area contributed by atoms with Crippen molar-refractivity contribution in [2.75, 3.05) is 0 Å². The van der Waals surface area contributed by atoms with E-state index < -0.39 is 12.1 Å². The molecule has 4 heteroatoms. The number of aliphatic hydroxyl groups excluding tert-OH is 1. The fourth-order valence-electron chi connectivity index (χ4n) is 0.996. The lowest BCUT2D eigenvalue weighted by atomic mass is 10.1. The maximum Gasteiger partial charge on any atom is 0.0731 e. The summed E-state index contributed by atoms with van der Waals surface area (Å²) >= 11 is 3.35. The van der Waals surface area contributed by atoms with Crippen LogP contribution in [-0.4, -0.2) is 16.2 Å². The summed E-state index contributed by atoms with van der Waals surface area (Å²) in [6, 6.07) is 3.29. The van der Waals surface area contributed by atoms with E-state index in [-0.39, 0.29) is 0 Å². The second-order valence-corrected chi connectivity index (χ2v) is 3.92. The van der Waals surface area contributed by atoms with Crippen LogP contribution in [0.2, 0.25) is 0 Å². The van der Waals surface area contributed by atoms with Crippen molar-refractivity contribution in [2.24, 2.45) is 5.73 Å². The summed E-state index contributed by atoms with van der Waals surface area (Å²) in [7, 11) is 0. The highest BCUT2D eigenvalue weighted by Crippen LogP contribution is 2.18. The van der Waals surface area contributed by atoms with Crippen molar-refractivity contribution in [3.63, 3.8) is 0 Å². The minimum atomic E-state index is -0.576. The zero-order valence-electron chi connectivity index (χ0n) is 7.66. The lowest BCUT2D eigenvalue weighted by Gasteiger charge is -2.14. The third-order valence-corrected chi connectivity index (χ3v) is 2.74. The number of aliphatic hydroxyl groups is 1. The summed E-state index contributed by atoms with van der Waals surface area (Å²) in [5.41, 5.74) is 7.33. The summed E-state index contributed by atoms with van der Waals surface area (Å²) in [4.78, 5) is 4.26. The van der Waals surface area contributed by atoms with E-state index in [9.17, 15) is 5.11 Å². The highest BCUT2D eigenvalue weighted by atomic mass is 79.9. The molecule has 0 amide bonds. The minimum absolute atomic E-state index is 0.410. The molecule has 1 rings (SSSR count). The molecule has 3 N–H and O–H groups in total.